The molecule has 1 amide bonds. The van der Waals surface area contributed by atoms with Crippen molar-refractivity contribution < 1.29 is 27.1 Å². The second-order valence-electron chi connectivity index (χ2n) is 7.77. The number of hydrogen-bond donors (Lipinski definition) is 1. The maximum Gasteiger partial charge on any atom is 0.255 e. The van der Waals surface area contributed by atoms with Crippen LogP contribution in [-0.4, -0.2) is 76.6 Å². The van der Waals surface area contributed by atoms with Crippen molar-refractivity contribution in [3.63, 3.8) is 0 Å². The Hall–Kier alpha value is -2.40. The Labute approximate surface area is 195 Å². The number of hydrogen-bond acceptors (Lipinski definition) is 7. The van der Waals surface area contributed by atoms with E-state index in [9.17, 15) is 13.2 Å². The lowest BCUT2D eigenvalue weighted by Crippen LogP contribution is -2.43. The number of rotatable bonds is 10. The molecular weight excluding hydrogens is 446 g/mol. The molecule has 1 unspecified atom stereocenters. The lowest BCUT2D eigenvalue weighted by Gasteiger charge is -2.33. The molecule has 1 aromatic heterocycles. The minimum absolute atomic E-state index is 0.0588. The average Bonchev–Trinajstić information content (AvgIpc) is 3.25. The SMILES string of the molecule is CCN(CC)S(=O)(=O)c1ccc(OC)c(C(=O)NCC(c2ccc(C)o2)N2CCOCC2)c1. The highest BCUT2D eigenvalue weighted by Gasteiger charge is 2.28. The highest BCUT2D eigenvalue weighted by Crippen LogP contribution is 2.26. The van der Waals surface area contributed by atoms with E-state index in [0.717, 1.165) is 24.6 Å². The number of methoxy groups -OCH3 is 1. The van der Waals surface area contributed by atoms with E-state index < -0.39 is 15.9 Å². The van der Waals surface area contributed by atoms with Crippen molar-refractivity contribution in [1.29, 1.82) is 0 Å². The number of carbonyl (C=O) groups is 1. The van der Waals surface area contributed by atoms with Gasteiger partial charge in [-0.15, -0.1) is 0 Å². The lowest BCUT2D eigenvalue weighted by atomic mass is 10.1. The van der Waals surface area contributed by atoms with Crippen molar-refractivity contribution in [2.45, 2.75) is 31.7 Å². The first-order chi connectivity index (χ1) is 15.8. The normalized spacial score (nSPS) is 16.0. The fraction of sp³-hybridized carbons (Fsp3) is 0.522. The van der Waals surface area contributed by atoms with Crippen molar-refractivity contribution >= 4 is 15.9 Å². The summed E-state index contributed by atoms with van der Waals surface area (Å²) in [7, 11) is -2.26. The van der Waals surface area contributed by atoms with Gasteiger partial charge in [0.2, 0.25) is 10.0 Å². The molecule has 3 rings (SSSR count). The number of sulfonamides is 1. The molecule has 0 aliphatic carbocycles. The first-order valence-electron chi connectivity index (χ1n) is 11.2. The zero-order valence-corrected chi connectivity index (χ0v) is 20.5. The second-order valence-corrected chi connectivity index (χ2v) is 9.71. The van der Waals surface area contributed by atoms with Crippen molar-refractivity contribution in [3.05, 3.63) is 47.4 Å². The van der Waals surface area contributed by atoms with Crippen LogP contribution in [0.15, 0.2) is 39.6 Å². The number of furan rings is 1. The Morgan fingerprint density at radius 1 is 1.18 bits per heavy atom. The van der Waals surface area contributed by atoms with E-state index in [-0.39, 0.29) is 16.5 Å². The Kier molecular flexibility index (Phi) is 8.52. The summed E-state index contributed by atoms with van der Waals surface area (Å²) >= 11 is 0. The molecule has 33 heavy (non-hydrogen) atoms. The molecule has 2 heterocycles. The van der Waals surface area contributed by atoms with Gasteiger partial charge in [-0.25, -0.2) is 8.42 Å². The second kappa shape index (κ2) is 11.1. The van der Waals surface area contributed by atoms with Gasteiger partial charge in [0.25, 0.3) is 5.91 Å². The highest BCUT2D eigenvalue weighted by molar-refractivity contribution is 7.89. The van der Waals surface area contributed by atoms with E-state index >= 15 is 0 Å². The average molecular weight is 480 g/mol. The number of nitrogens with one attached hydrogen (secondary N) is 1. The molecule has 0 saturated carbocycles. The molecule has 1 aromatic carbocycles. The van der Waals surface area contributed by atoms with Crippen molar-refractivity contribution in [2.75, 3.05) is 53.0 Å². The summed E-state index contributed by atoms with van der Waals surface area (Å²) in [6.07, 6.45) is 0. The van der Waals surface area contributed by atoms with Gasteiger partial charge in [0, 0.05) is 32.7 Å². The van der Waals surface area contributed by atoms with Gasteiger partial charge >= 0.3 is 0 Å². The number of aryl methyl sites for hydroxylation is 1. The van der Waals surface area contributed by atoms with Crippen molar-refractivity contribution in [2.24, 2.45) is 0 Å². The number of ether oxygens (including phenoxy) is 2. The van der Waals surface area contributed by atoms with Crippen molar-refractivity contribution in [3.8, 4) is 5.75 Å². The monoisotopic (exact) mass is 479 g/mol. The third-order valence-corrected chi connectivity index (χ3v) is 7.84. The van der Waals surface area contributed by atoms with Crippen LogP contribution in [0.4, 0.5) is 0 Å². The number of morpholine rings is 1. The highest BCUT2D eigenvalue weighted by atomic mass is 32.2. The summed E-state index contributed by atoms with van der Waals surface area (Å²) in [5.41, 5.74) is 0.169. The van der Waals surface area contributed by atoms with E-state index in [0.29, 0.717) is 38.6 Å². The summed E-state index contributed by atoms with van der Waals surface area (Å²) in [5, 5.41) is 2.94. The fourth-order valence-corrected chi connectivity index (χ4v) is 5.44. The van der Waals surface area contributed by atoms with E-state index in [1.54, 1.807) is 13.8 Å². The van der Waals surface area contributed by atoms with Gasteiger partial charge in [-0.2, -0.15) is 4.31 Å². The maximum absolute atomic E-state index is 13.2. The molecule has 0 radical (unpaired) electrons. The zero-order valence-electron chi connectivity index (χ0n) is 19.7. The predicted octanol–water partition coefficient (Wildman–Crippen LogP) is 2.43. The summed E-state index contributed by atoms with van der Waals surface area (Å²) in [6.45, 7) is 9.09. The third kappa shape index (κ3) is 5.75. The summed E-state index contributed by atoms with van der Waals surface area (Å²) < 4.78 is 43.9. The Morgan fingerprint density at radius 3 is 2.45 bits per heavy atom. The first kappa shape index (κ1) is 25.2. The first-order valence-corrected chi connectivity index (χ1v) is 12.6. The van der Waals surface area contributed by atoms with Crippen LogP contribution < -0.4 is 10.1 Å². The quantitative estimate of drug-likeness (QED) is 0.558. The van der Waals surface area contributed by atoms with Gasteiger partial charge in [-0.05, 0) is 37.3 Å². The molecule has 1 N–H and O–H groups in total. The smallest absolute Gasteiger partial charge is 0.255 e. The van der Waals surface area contributed by atoms with Crippen molar-refractivity contribution in [1.82, 2.24) is 14.5 Å². The van der Waals surface area contributed by atoms with E-state index in [2.05, 4.69) is 10.2 Å². The molecule has 0 bridgehead atoms. The largest absolute Gasteiger partial charge is 0.496 e. The van der Waals surface area contributed by atoms with Crippen LogP contribution in [0.2, 0.25) is 0 Å². The Bertz CT molecular complexity index is 1040. The van der Waals surface area contributed by atoms with Gasteiger partial charge in [0.05, 0.1) is 36.8 Å². The Morgan fingerprint density at radius 2 is 1.88 bits per heavy atom. The van der Waals surface area contributed by atoms with Crippen LogP contribution in [-0.2, 0) is 14.8 Å². The number of amides is 1. The molecular formula is C23H33N3O6S. The Balaban J connectivity index is 1.84. The minimum atomic E-state index is -3.71. The molecule has 182 valence electrons. The van der Waals surface area contributed by atoms with Crippen LogP contribution >= 0.6 is 0 Å². The molecule has 9 nitrogen and oxygen atoms in total. The fourth-order valence-electron chi connectivity index (χ4n) is 3.95. The van der Waals surface area contributed by atoms with Gasteiger partial charge < -0.3 is 19.2 Å². The summed E-state index contributed by atoms with van der Waals surface area (Å²) in [4.78, 5) is 15.4. The molecule has 1 fully saturated rings. The van der Waals surface area contributed by atoms with Gasteiger partial charge in [0.1, 0.15) is 17.3 Å². The van der Waals surface area contributed by atoms with Crippen LogP contribution in [0.5, 0.6) is 5.75 Å². The van der Waals surface area contributed by atoms with Crippen LogP contribution in [0.25, 0.3) is 0 Å². The standard InChI is InChI=1S/C23H33N3O6S/c1-5-26(6-2)33(28,29)18-8-10-21(30-4)19(15-18)23(27)24-16-20(22-9-7-17(3)32-22)25-11-13-31-14-12-25/h7-10,15,20H,5-6,11-14,16H2,1-4H3,(H,24,27). The van der Waals surface area contributed by atoms with Crippen LogP contribution in [0.3, 0.4) is 0 Å². The summed E-state index contributed by atoms with van der Waals surface area (Å²) in [6, 6.07) is 8.00. The maximum atomic E-state index is 13.2. The molecule has 2 aromatic rings. The van der Waals surface area contributed by atoms with Gasteiger partial charge in [-0.3, -0.25) is 9.69 Å². The molecule has 1 aliphatic rings. The van der Waals surface area contributed by atoms with Crippen LogP contribution in [0, 0.1) is 6.92 Å². The van der Waals surface area contributed by atoms with Crippen LogP contribution in [0.1, 0.15) is 41.8 Å². The van der Waals surface area contributed by atoms with Gasteiger partial charge in [-0.1, -0.05) is 13.8 Å². The minimum Gasteiger partial charge on any atom is -0.496 e. The topological polar surface area (TPSA) is 101 Å². The zero-order chi connectivity index (χ0) is 24.0. The molecule has 1 atom stereocenters. The van der Waals surface area contributed by atoms with E-state index in [4.69, 9.17) is 13.9 Å². The number of carbonyl (C=O) groups excluding carboxylic acids is 1. The van der Waals surface area contributed by atoms with E-state index in [1.165, 1.54) is 29.6 Å². The molecule has 1 aliphatic heterocycles. The molecule has 1 saturated heterocycles. The summed E-state index contributed by atoms with van der Waals surface area (Å²) in [5.74, 6) is 1.46. The van der Waals surface area contributed by atoms with E-state index in [1.807, 2.05) is 19.1 Å². The number of benzene rings is 1. The number of nitrogens with zero attached hydrogens (tertiary/aromatic N) is 2. The van der Waals surface area contributed by atoms with Gasteiger partial charge in [0.15, 0.2) is 0 Å². The predicted molar refractivity (Wildman–Crippen MR) is 124 cm³/mol. The molecule has 0 spiro atoms. The third-order valence-electron chi connectivity index (χ3n) is 5.79. The lowest BCUT2D eigenvalue weighted by molar-refractivity contribution is 0.0117. The molecule has 10 heteroatoms.